The molecule has 0 heterocycles. The third kappa shape index (κ3) is 2.75. The van der Waals surface area contributed by atoms with Crippen LogP contribution in [0.4, 0.5) is 0 Å². The van der Waals surface area contributed by atoms with Gasteiger partial charge in [0.2, 0.25) is 0 Å². The highest BCUT2D eigenvalue weighted by Gasteiger charge is 2.16. The fourth-order valence-electron chi connectivity index (χ4n) is 1.65. The molecule has 92 valence electrons. The van der Waals surface area contributed by atoms with E-state index in [9.17, 15) is 4.79 Å². The van der Waals surface area contributed by atoms with Gasteiger partial charge in [-0.05, 0) is 52.9 Å². The molecule has 2 aromatic rings. The normalized spacial score (nSPS) is 10.2. The molecular formula is C14H10BrIO2. The van der Waals surface area contributed by atoms with Crippen molar-refractivity contribution in [1.82, 2.24) is 0 Å². The molecule has 0 aliphatic heterocycles. The molecule has 2 nitrogen and oxygen atoms in total. The average Bonchev–Trinajstić information content (AvgIpc) is 2.38. The van der Waals surface area contributed by atoms with Crippen molar-refractivity contribution in [2.45, 2.75) is 0 Å². The number of hydrogen-bond donors (Lipinski definition) is 0. The number of ether oxygens (including phenoxy) is 1. The molecule has 0 aromatic heterocycles. The minimum absolute atomic E-state index is 0.0295. The number of halogens is 2. The summed E-state index contributed by atoms with van der Waals surface area (Å²) in [5, 5.41) is 0. The van der Waals surface area contributed by atoms with Crippen LogP contribution in [0.5, 0.6) is 5.75 Å². The van der Waals surface area contributed by atoms with Crippen molar-refractivity contribution >= 4 is 44.3 Å². The number of rotatable bonds is 3. The zero-order chi connectivity index (χ0) is 13.1. The minimum Gasteiger partial charge on any atom is -0.496 e. The predicted molar refractivity (Wildman–Crippen MR) is 83.3 cm³/mol. The monoisotopic (exact) mass is 416 g/mol. The lowest BCUT2D eigenvalue weighted by molar-refractivity contribution is 0.103. The molecule has 0 unspecified atom stereocenters. The van der Waals surface area contributed by atoms with Crippen LogP contribution in [0.1, 0.15) is 15.9 Å². The maximum atomic E-state index is 12.5. The first-order valence-corrected chi connectivity index (χ1v) is 7.13. The van der Waals surface area contributed by atoms with Crippen LogP contribution in [0.3, 0.4) is 0 Å². The SMILES string of the molecule is COc1ccc(Br)cc1C(=O)c1ccccc1I. The second-order valence-corrected chi connectivity index (χ2v) is 5.73. The molecule has 2 rings (SSSR count). The maximum Gasteiger partial charge on any atom is 0.197 e. The zero-order valence-corrected chi connectivity index (χ0v) is 13.4. The summed E-state index contributed by atoms with van der Waals surface area (Å²) >= 11 is 5.54. The van der Waals surface area contributed by atoms with Gasteiger partial charge in [-0.15, -0.1) is 0 Å². The van der Waals surface area contributed by atoms with E-state index in [-0.39, 0.29) is 5.78 Å². The van der Waals surface area contributed by atoms with Crippen LogP contribution >= 0.6 is 38.5 Å². The van der Waals surface area contributed by atoms with E-state index in [1.54, 1.807) is 19.2 Å². The second kappa shape index (κ2) is 5.84. The fraction of sp³-hybridized carbons (Fsp3) is 0.0714. The number of carbonyl (C=O) groups is 1. The lowest BCUT2D eigenvalue weighted by Gasteiger charge is -2.09. The number of hydrogen-bond acceptors (Lipinski definition) is 2. The summed E-state index contributed by atoms with van der Waals surface area (Å²) in [6.07, 6.45) is 0. The van der Waals surface area contributed by atoms with E-state index in [1.807, 2.05) is 30.3 Å². The summed E-state index contributed by atoms with van der Waals surface area (Å²) in [6.45, 7) is 0. The third-order valence-corrected chi connectivity index (χ3v) is 3.96. The van der Waals surface area contributed by atoms with Crippen LogP contribution in [-0.4, -0.2) is 12.9 Å². The van der Waals surface area contributed by atoms with Crippen LogP contribution < -0.4 is 4.74 Å². The molecule has 0 saturated heterocycles. The molecule has 4 heteroatoms. The highest BCUT2D eigenvalue weighted by atomic mass is 127. The van der Waals surface area contributed by atoms with Gasteiger partial charge in [-0.25, -0.2) is 0 Å². The Hall–Kier alpha value is -0.880. The van der Waals surface area contributed by atoms with Gasteiger partial charge in [-0.1, -0.05) is 28.1 Å². The summed E-state index contributed by atoms with van der Waals surface area (Å²) in [7, 11) is 1.57. The Labute approximate surface area is 128 Å². The van der Waals surface area contributed by atoms with E-state index in [0.29, 0.717) is 16.9 Å². The minimum atomic E-state index is -0.0295. The van der Waals surface area contributed by atoms with Gasteiger partial charge < -0.3 is 4.74 Å². The first kappa shape index (κ1) is 13.5. The summed E-state index contributed by atoms with van der Waals surface area (Å²) in [5.74, 6) is 0.556. The Bertz CT molecular complexity index is 596. The van der Waals surface area contributed by atoms with Crippen LogP contribution in [0.2, 0.25) is 0 Å². The predicted octanol–water partition coefficient (Wildman–Crippen LogP) is 4.29. The van der Waals surface area contributed by atoms with Crippen molar-refractivity contribution in [3.8, 4) is 5.75 Å². The van der Waals surface area contributed by atoms with Gasteiger partial charge in [-0.3, -0.25) is 4.79 Å². The molecule has 0 fully saturated rings. The molecule has 0 saturated carbocycles. The summed E-state index contributed by atoms with van der Waals surface area (Å²) in [6, 6.07) is 12.9. The first-order valence-electron chi connectivity index (χ1n) is 5.26. The van der Waals surface area contributed by atoms with Gasteiger partial charge in [0.05, 0.1) is 12.7 Å². The van der Waals surface area contributed by atoms with Crippen LogP contribution in [-0.2, 0) is 0 Å². The summed E-state index contributed by atoms with van der Waals surface area (Å²) < 4.78 is 7.03. The van der Waals surface area contributed by atoms with Crippen molar-refractivity contribution in [2.24, 2.45) is 0 Å². The van der Waals surface area contributed by atoms with Gasteiger partial charge in [0.15, 0.2) is 5.78 Å². The zero-order valence-electron chi connectivity index (χ0n) is 9.61. The van der Waals surface area contributed by atoms with Gasteiger partial charge in [-0.2, -0.15) is 0 Å². The molecule has 0 bridgehead atoms. The van der Waals surface area contributed by atoms with E-state index in [1.165, 1.54) is 0 Å². The first-order chi connectivity index (χ1) is 8.63. The Morgan fingerprint density at radius 1 is 1.17 bits per heavy atom. The number of benzene rings is 2. The molecule has 0 spiro atoms. The van der Waals surface area contributed by atoms with Crippen molar-refractivity contribution in [2.75, 3.05) is 7.11 Å². The van der Waals surface area contributed by atoms with Crippen molar-refractivity contribution < 1.29 is 9.53 Å². The van der Waals surface area contributed by atoms with Gasteiger partial charge >= 0.3 is 0 Å². The molecule has 0 radical (unpaired) electrons. The van der Waals surface area contributed by atoms with Crippen LogP contribution in [0, 0.1) is 3.57 Å². The Kier molecular flexibility index (Phi) is 4.40. The molecule has 0 atom stereocenters. The summed E-state index contributed by atoms with van der Waals surface area (Å²) in [4.78, 5) is 12.5. The van der Waals surface area contributed by atoms with Gasteiger partial charge in [0.1, 0.15) is 5.75 Å². The Morgan fingerprint density at radius 2 is 1.89 bits per heavy atom. The molecule has 2 aromatic carbocycles. The molecule has 18 heavy (non-hydrogen) atoms. The molecule has 0 aliphatic carbocycles. The molecule has 0 amide bonds. The number of ketones is 1. The lowest BCUT2D eigenvalue weighted by Crippen LogP contribution is -2.05. The number of methoxy groups -OCH3 is 1. The largest absolute Gasteiger partial charge is 0.496 e. The summed E-state index contributed by atoms with van der Waals surface area (Å²) in [5.41, 5.74) is 1.26. The average molecular weight is 417 g/mol. The number of carbonyl (C=O) groups excluding carboxylic acids is 1. The Morgan fingerprint density at radius 3 is 2.56 bits per heavy atom. The maximum absolute atomic E-state index is 12.5. The quantitative estimate of drug-likeness (QED) is 0.551. The molecule has 0 aliphatic rings. The van der Waals surface area contributed by atoms with Gasteiger partial charge in [0.25, 0.3) is 0 Å². The standard InChI is InChI=1S/C14H10BrIO2/c1-18-13-7-6-9(15)8-11(13)14(17)10-4-2-3-5-12(10)16/h2-8H,1H3. The fourth-order valence-corrected chi connectivity index (χ4v) is 2.64. The molecule has 0 N–H and O–H groups in total. The van der Waals surface area contributed by atoms with E-state index in [4.69, 9.17) is 4.74 Å². The van der Waals surface area contributed by atoms with Crippen LogP contribution in [0.25, 0.3) is 0 Å². The van der Waals surface area contributed by atoms with Crippen LogP contribution in [0.15, 0.2) is 46.9 Å². The van der Waals surface area contributed by atoms with Crippen molar-refractivity contribution in [1.29, 1.82) is 0 Å². The Balaban J connectivity index is 2.52. The van der Waals surface area contributed by atoms with E-state index in [2.05, 4.69) is 38.5 Å². The van der Waals surface area contributed by atoms with Crippen molar-refractivity contribution in [3.63, 3.8) is 0 Å². The highest BCUT2D eigenvalue weighted by Crippen LogP contribution is 2.26. The third-order valence-electron chi connectivity index (χ3n) is 2.52. The second-order valence-electron chi connectivity index (χ2n) is 3.65. The van der Waals surface area contributed by atoms with Gasteiger partial charge in [0, 0.05) is 13.6 Å². The van der Waals surface area contributed by atoms with E-state index < -0.39 is 0 Å². The smallest absolute Gasteiger partial charge is 0.197 e. The van der Waals surface area contributed by atoms with E-state index >= 15 is 0 Å². The van der Waals surface area contributed by atoms with Crippen molar-refractivity contribution in [3.05, 3.63) is 61.6 Å². The lowest BCUT2D eigenvalue weighted by atomic mass is 10.0. The van der Waals surface area contributed by atoms with E-state index in [0.717, 1.165) is 8.04 Å². The highest BCUT2D eigenvalue weighted by molar-refractivity contribution is 14.1. The topological polar surface area (TPSA) is 26.3 Å². The molecular weight excluding hydrogens is 407 g/mol.